The summed E-state index contributed by atoms with van der Waals surface area (Å²) in [6, 6.07) is 14.6. The first-order chi connectivity index (χ1) is 14.8. The van der Waals surface area contributed by atoms with Gasteiger partial charge in [-0.25, -0.2) is 4.79 Å². The average molecular weight is 424 g/mol. The van der Waals surface area contributed by atoms with Crippen molar-refractivity contribution in [1.82, 2.24) is 0 Å². The van der Waals surface area contributed by atoms with Gasteiger partial charge in [-0.3, -0.25) is 9.59 Å². The van der Waals surface area contributed by atoms with E-state index in [9.17, 15) is 14.4 Å². The third-order valence-electron chi connectivity index (χ3n) is 5.97. The number of ether oxygens (including phenoxy) is 2. The van der Waals surface area contributed by atoms with Crippen LogP contribution in [0.2, 0.25) is 0 Å². The number of amides is 1. The minimum atomic E-state index is -0.420. The van der Waals surface area contributed by atoms with Crippen LogP contribution in [0.15, 0.2) is 48.5 Å². The van der Waals surface area contributed by atoms with Crippen LogP contribution in [0.4, 0.5) is 5.69 Å². The Hall–Kier alpha value is -3.15. The van der Waals surface area contributed by atoms with Gasteiger partial charge in [0.15, 0.2) is 0 Å². The molecule has 0 saturated carbocycles. The summed E-state index contributed by atoms with van der Waals surface area (Å²) in [7, 11) is 0. The molecule has 0 bridgehead atoms. The van der Waals surface area contributed by atoms with E-state index in [1.54, 1.807) is 30.0 Å². The first-order valence-electron chi connectivity index (χ1n) is 10.6. The van der Waals surface area contributed by atoms with Gasteiger partial charge < -0.3 is 14.4 Å². The molecule has 1 aliphatic heterocycles. The topological polar surface area (TPSA) is 72.9 Å². The Morgan fingerprint density at radius 3 is 2.35 bits per heavy atom. The van der Waals surface area contributed by atoms with E-state index in [1.807, 2.05) is 44.2 Å². The lowest BCUT2D eigenvalue weighted by Crippen LogP contribution is -2.47. The molecule has 0 fully saturated rings. The average Bonchev–Trinajstić information content (AvgIpc) is 2.76. The highest BCUT2D eigenvalue weighted by molar-refractivity contribution is 5.96. The molecule has 0 spiro atoms. The molecule has 164 valence electrons. The zero-order valence-electron chi connectivity index (χ0n) is 18.5. The van der Waals surface area contributed by atoms with Crippen molar-refractivity contribution >= 4 is 23.5 Å². The van der Waals surface area contributed by atoms with Crippen molar-refractivity contribution in [1.29, 1.82) is 0 Å². The molecule has 0 N–H and O–H groups in total. The van der Waals surface area contributed by atoms with E-state index in [1.165, 1.54) is 6.92 Å². The molecule has 3 atom stereocenters. The van der Waals surface area contributed by atoms with E-state index in [2.05, 4.69) is 0 Å². The van der Waals surface area contributed by atoms with E-state index in [0.717, 1.165) is 16.8 Å². The SMILES string of the molecule is CCOC(=O)c1ccc2c(c1)[C@H](CC(=O)OCc1ccccc1)[C@@H](C)C(C)N2C(C)=O. The van der Waals surface area contributed by atoms with Gasteiger partial charge in [0.05, 0.1) is 18.6 Å². The Morgan fingerprint density at radius 2 is 1.71 bits per heavy atom. The smallest absolute Gasteiger partial charge is 0.338 e. The number of hydrogen-bond donors (Lipinski definition) is 0. The number of fused-ring (bicyclic) bond motifs is 1. The second-order valence-electron chi connectivity index (χ2n) is 7.94. The maximum absolute atomic E-state index is 12.7. The molecule has 1 amide bonds. The number of benzene rings is 2. The van der Waals surface area contributed by atoms with Gasteiger partial charge in [0.1, 0.15) is 6.61 Å². The maximum atomic E-state index is 12.7. The van der Waals surface area contributed by atoms with E-state index >= 15 is 0 Å². The fraction of sp³-hybridized carbons (Fsp3) is 0.400. The molecule has 3 rings (SSSR count). The number of nitrogens with zero attached hydrogens (tertiary/aromatic N) is 1. The first-order valence-corrected chi connectivity index (χ1v) is 10.6. The van der Waals surface area contributed by atoms with Crippen molar-refractivity contribution in [3.8, 4) is 0 Å². The van der Waals surface area contributed by atoms with Crippen LogP contribution in [0.25, 0.3) is 0 Å². The molecule has 1 unspecified atom stereocenters. The van der Waals surface area contributed by atoms with Gasteiger partial charge in [-0.05, 0) is 49.1 Å². The van der Waals surface area contributed by atoms with Crippen LogP contribution in [0, 0.1) is 5.92 Å². The van der Waals surface area contributed by atoms with Crippen LogP contribution in [-0.4, -0.2) is 30.5 Å². The summed E-state index contributed by atoms with van der Waals surface area (Å²) in [6.45, 7) is 7.78. The zero-order valence-corrected chi connectivity index (χ0v) is 18.5. The Morgan fingerprint density at radius 1 is 1.00 bits per heavy atom. The van der Waals surface area contributed by atoms with E-state index in [0.29, 0.717) is 5.56 Å². The molecule has 1 aliphatic rings. The summed E-state index contributed by atoms with van der Waals surface area (Å²) in [6.07, 6.45) is 0.170. The Kier molecular flexibility index (Phi) is 7.10. The lowest BCUT2D eigenvalue weighted by Gasteiger charge is -2.43. The molecule has 2 aromatic carbocycles. The largest absolute Gasteiger partial charge is 0.462 e. The number of carbonyl (C=O) groups excluding carboxylic acids is 3. The Labute approximate surface area is 183 Å². The summed E-state index contributed by atoms with van der Waals surface area (Å²) in [4.78, 5) is 39.1. The molecule has 31 heavy (non-hydrogen) atoms. The highest BCUT2D eigenvalue weighted by atomic mass is 16.5. The first kappa shape index (κ1) is 22.5. The van der Waals surface area contributed by atoms with Gasteiger partial charge >= 0.3 is 11.9 Å². The summed E-state index contributed by atoms with van der Waals surface area (Å²) in [5.41, 5.74) is 2.86. The minimum absolute atomic E-state index is 0.00174. The molecule has 6 heteroatoms. The lowest BCUT2D eigenvalue weighted by atomic mass is 9.75. The lowest BCUT2D eigenvalue weighted by molar-refractivity contribution is -0.145. The van der Waals surface area contributed by atoms with Crippen LogP contribution >= 0.6 is 0 Å². The number of esters is 2. The van der Waals surface area contributed by atoms with Crippen LogP contribution < -0.4 is 4.90 Å². The molecular formula is C25H29NO5. The van der Waals surface area contributed by atoms with Crippen molar-refractivity contribution in [2.45, 2.75) is 52.7 Å². The zero-order chi connectivity index (χ0) is 22.5. The van der Waals surface area contributed by atoms with Gasteiger partial charge in [0.25, 0.3) is 0 Å². The Balaban J connectivity index is 1.89. The van der Waals surface area contributed by atoms with E-state index in [-0.39, 0.29) is 49.4 Å². The number of hydrogen-bond acceptors (Lipinski definition) is 5. The second-order valence-corrected chi connectivity index (χ2v) is 7.94. The molecule has 2 aromatic rings. The molecule has 0 aromatic heterocycles. The van der Waals surface area contributed by atoms with Gasteiger partial charge in [0.2, 0.25) is 5.91 Å². The number of rotatable bonds is 6. The molecule has 1 heterocycles. The van der Waals surface area contributed by atoms with Gasteiger partial charge in [0, 0.05) is 24.6 Å². The van der Waals surface area contributed by atoms with Crippen molar-refractivity contribution in [2.75, 3.05) is 11.5 Å². The van der Waals surface area contributed by atoms with Crippen LogP contribution in [0.1, 0.15) is 61.5 Å². The highest BCUT2D eigenvalue weighted by Crippen LogP contribution is 2.44. The Bertz CT molecular complexity index is 956. The normalized spacial score (nSPS) is 20.0. The highest BCUT2D eigenvalue weighted by Gasteiger charge is 2.39. The van der Waals surface area contributed by atoms with Crippen molar-refractivity contribution < 1.29 is 23.9 Å². The third kappa shape index (κ3) is 4.95. The van der Waals surface area contributed by atoms with Gasteiger partial charge in [-0.1, -0.05) is 37.3 Å². The summed E-state index contributed by atoms with van der Waals surface area (Å²) >= 11 is 0. The van der Waals surface area contributed by atoms with Crippen LogP contribution in [-0.2, 0) is 25.7 Å². The van der Waals surface area contributed by atoms with E-state index < -0.39 is 5.97 Å². The fourth-order valence-corrected chi connectivity index (χ4v) is 4.22. The summed E-state index contributed by atoms with van der Waals surface area (Å²) in [5.74, 6) is -0.987. The van der Waals surface area contributed by atoms with E-state index in [4.69, 9.17) is 9.47 Å². The second kappa shape index (κ2) is 9.77. The van der Waals surface area contributed by atoms with Gasteiger partial charge in [-0.2, -0.15) is 0 Å². The van der Waals surface area contributed by atoms with Crippen molar-refractivity contribution in [3.05, 3.63) is 65.2 Å². The molecule has 6 nitrogen and oxygen atoms in total. The van der Waals surface area contributed by atoms with Crippen molar-refractivity contribution in [3.63, 3.8) is 0 Å². The molecular weight excluding hydrogens is 394 g/mol. The predicted molar refractivity (Wildman–Crippen MR) is 118 cm³/mol. The summed E-state index contributed by atoms with van der Waals surface area (Å²) < 4.78 is 10.6. The van der Waals surface area contributed by atoms with Gasteiger partial charge in [-0.15, -0.1) is 0 Å². The standard InChI is InChI=1S/C25H29NO5/c1-5-30-25(29)20-11-12-23-22(13-20)21(16(2)17(3)26(23)18(4)27)14-24(28)31-15-19-9-7-6-8-10-19/h6-13,16-17,21H,5,14-15H2,1-4H3/t16-,17?,21+/m0/s1. The maximum Gasteiger partial charge on any atom is 0.338 e. The minimum Gasteiger partial charge on any atom is -0.462 e. The molecule has 0 saturated heterocycles. The fourth-order valence-electron chi connectivity index (χ4n) is 4.22. The number of carbonyl (C=O) groups is 3. The number of anilines is 1. The predicted octanol–water partition coefficient (Wildman–Crippen LogP) is 4.47. The van der Waals surface area contributed by atoms with Crippen LogP contribution in [0.3, 0.4) is 0 Å². The van der Waals surface area contributed by atoms with Crippen LogP contribution in [0.5, 0.6) is 0 Å². The van der Waals surface area contributed by atoms with Crippen molar-refractivity contribution in [2.24, 2.45) is 5.92 Å². The summed E-state index contributed by atoms with van der Waals surface area (Å²) in [5, 5.41) is 0. The quantitative estimate of drug-likeness (QED) is 0.641. The molecule has 0 radical (unpaired) electrons. The molecule has 0 aliphatic carbocycles. The monoisotopic (exact) mass is 423 g/mol. The third-order valence-corrected chi connectivity index (χ3v) is 5.97.